The molecule has 0 aliphatic heterocycles. The molecule has 0 fully saturated rings. The van der Waals surface area contributed by atoms with Crippen LogP contribution in [-0.4, -0.2) is 35.4 Å². The molecule has 0 saturated carbocycles. The van der Waals surface area contributed by atoms with Crippen LogP contribution in [0.1, 0.15) is 5.56 Å². The van der Waals surface area contributed by atoms with Crippen LogP contribution in [0.4, 0.5) is 24.1 Å². The van der Waals surface area contributed by atoms with Crippen molar-refractivity contribution in [2.75, 3.05) is 30.8 Å². The lowest BCUT2D eigenvalue weighted by Gasteiger charge is -2.18. The number of halogens is 3. The molecule has 4 aromatic rings. The molecular formula is C22H19F3N4O2S2. The van der Waals surface area contributed by atoms with Gasteiger partial charge in [0.05, 0.1) is 23.3 Å². The van der Waals surface area contributed by atoms with Crippen LogP contribution >= 0.6 is 11.3 Å². The number of pyridine rings is 1. The van der Waals surface area contributed by atoms with Crippen molar-refractivity contribution >= 4 is 44.0 Å². The van der Waals surface area contributed by atoms with Crippen molar-refractivity contribution in [1.82, 2.24) is 9.97 Å². The molecule has 1 atom stereocenters. The summed E-state index contributed by atoms with van der Waals surface area (Å²) in [6.45, 7) is 0. The average Bonchev–Trinajstić information content (AvgIpc) is 3.29. The van der Waals surface area contributed by atoms with Gasteiger partial charge in [0.2, 0.25) is 0 Å². The van der Waals surface area contributed by atoms with Crippen LogP contribution in [0, 0.1) is 0 Å². The van der Waals surface area contributed by atoms with Gasteiger partial charge in [0.15, 0.2) is 16.1 Å². The van der Waals surface area contributed by atoms with Gasteiger partial charge >= 0.3 is 6.18 Å². The molecule has 6 nitrogen and oxygen atoms in total. The average molecular weight is 493 g/mol. The van der Waals surface area contributed by atoms with Gasteiger partial charge in [0.25, 0.3) is 0 Å². The first-order valence-electron chi connectivity index (χ1n) is 9.63. The number of rotatable bonds is 6. The Kier molecular flexibility index (Phi) is 6.26. The first kappa shape index (κ1) is 23.0. The normalized spacial score (nSPS) is 12.5. The van der Waals surface area contributed by atoms with Crippen LogP contribution in [0.5, 0.6) is 5.75 Å². The predicted molar refractivity (Wildman–Crippen MR) is 125 cm³/mol. The van der Waals surface area contributed by atoms with E-state index in [1.54, 1.807) is 34.7 Å². The van der Waals surface area contributed by atoms with Crippen molar-refractivity contribution in [1.29, 1.82) is 0 Å². The zero-order valence-electron chi connectivity index (χ0n) is 17.8. The number of aromatic nitrogens is 2. The fraction of sp³-hybridized carbons (Fsp3) is 0.182. The number of alkyl halides is 3. The summed E-state index contributed by atoms with van der Waals surface area (Å²) in [4.78, 5) is 11.1. The SMILES string of the molecule is COc1cc(C(F)(F)F)ccc1-c1nc(N(C)C)cc2cc(S(=O)Nc3nccs3)ccc12. The first-order valence-corrected chi connectivity index (χ1v) is 11.7. The smallest absolute Gasteiger partial charge is 0.416 e. The summed E-state index contributed by atoms with van der Waals surface area (Å²) < 4.78 is 60.5. The fourth-order valence-electron chi connectivity index (χ4n) is 3.25. The minimum atomic E-state index is -4.49. The third-order valence-electron chi connectivity index (χ3n) is 4.86. The van der Waals surface area contributed by atoms with Gasteiger partial charge in [0, 0.05) is 36.6 Å². The quantitative estimate of drug-likeness (QED) is 0.380. The number of hydrogen-bond donors (Lipinski definition) is 1. The number of hydrogen-bond acceptors (Lipinski definition) is 6. The summed E-state index contributed by atoms with van der Waals surface area (Å²) in [5, 5.41) is 3.73. The van der Waals surface area contributed by atoms with Crippen molar-refractivity contribution in [3.05, 3.63) is 59.6 Å². The Bertz CT molecular complexity index is 1330. The topological polar surface area (TPSA) is 67.3 Å². The van der Waals surface area contributed by atoms with E-state index in [-0.39, 0.29) is 5.75 Å². The second kappa shape index (κ2) is 8.99. The molecule has 2 aromatic heterocycles. The third kappa shape index (κ3) is 4.79. The van der Waals surface area contributed by atoms with Gasteiger partial charge < -0.3 is 9.64 Å². The van der Waals surface area contributed by atoms with E-state index in [1.165, 1.54) is 24.5 Å². The summed E-state index contributed by atoms with van der Waals surface area (Å²) in [6, 6.07) is 10.4. The number of benzene rings is 2. The second-order valence-corrected chi connectivity index (χ2v) is 9.33. The van der Waals surface area contributed by atoms with E-state index in [1.807, 2.05) is 20.2 Å². The summed E-state index contributed by atoms with van der Waals surface area (Å²) in [6.07, 6.45) is -2.88. The van der Waals surface area contributed by atoms with E-state index in [2.05, 4.69) is 14.7 Å². The molecule has 1 unspecified atom stereocenters. The van der Waals surface area contributed by atoms with Crippen LogP contribution in [0.15, 0.2) is 58.9 Å². The molecule has 0 aliphatic rings. The maximum absolute atomic E-state index is 13.2. The Morgan fingerprint density at radius 2 is 1.91 bits per heavy atom. The number of methoxy groups -OCH3 is 1. The highest BCUT2D eigenvalue weighted by Gasteiger charge is 2.31. The molecule has 33 heavy (non-hydrogen) atoms. The van der Waals surface area contributed by atoms with Crippen LogP contribution < -0.4 is 14.4 Å². The molecule has 2 heterocycles. The lowest BCUT2D eigenvalue weighted by atomic mass is 10.0. The zero-order chi connectivity index (χ0) is 23.8. The number of fused-ring (bicyclic) bond motifs is 1. The molecule has 0 bridgehead atoms. The molecule has 2 aromatic carbocycles. The zero-order valence-corrected chi connectivity index (χ0v) is 19.4. The summed E-state index contributed by atoms with van der Waals surface area (Å²) in [7, 11) is 3.41. The lowest BCUT2D eigenvalue weighted by molar-refractivity contribution is -0.137. The van der Waals surface area contributed by atoms with Gasteiger partial charge in [-0.15, -0.1) is 11.3 Å². The highest BCUT2D eigenvalue weighted by Crippen LogP contribution is 2.39. The fourth-order valence-corrected chi connectivity index (χ4v) is 4.79. The van der Waals surface area contributed by atoms with Crippen molar-refractivity contribution in [2.24, 2.45) is 0 Å². The molecule has 11 heteroatoms. The second-order valence-electron chi connectivity index (χ2n) is 7.23. The largest absolute Gasteiger partial charge is 0.496 e. The van der Waals surface area contributed by atoms with Crippen molar-refractivity contribution < 1.29 is 22.1 Å². The van der Waals surface area contributed by atoms with Gasteiger partial charge in [0.1, 0.15) is 11.6 Å². The molecule has 4 rings (SSSR count). The predicted octanol–water partition coefficient (Wildman–Crippen LogP) is 5.59. The van der Waals surface area contributed by atoms with E-state index in [9.17, 15) is 17.4 Å². The number of nitrogens with zero attached hydrogens (tertiary/aromatic N) is 3. The Hall–Kier alpha value is -3.18. The summed E-state index contributed by atoms with van der Waals surface area (Å²) in [5.41, 5.74) is 0.0862. The highest BCUT2D eigenvalue weighted by molar-refractivity contribution is 7.86. The highest BCUT2D eigenvalue weighted by atomic mass is 32.2. The Morgan fingerprint density at radius 3 is 2.55 bits per heavy atom. The molecule has 0 aliphatic carbocycles. The molecule has 0 saturated heterocycles. The van der Waals surface area contributed by atoms with Gasteiger partial charge in [-0.05, 0) is 41.8 Å². The van der Waals surface area contributed by atoms with Crippen LogP contribution in [0.3, 0.4) is 0 Å². The van der Waals surface area contributed by atoms with Crippen molar-refractivity contribution in [2.45, 2.75) is 11.1 Å². The van der Waals surface area contributed by atoms with E-state index in [4.69, 9.17) is 4.74 Å². The number of ether oxygens (including phenoxy) is 1. The minimum absolute atomic E-state index is 0.0626. The summed E-state index contributed by atoms with van der Waals surface area (Å²) in [5.74, 6) is 0.655. The monoisotopic (exact) mass is 492 g/mol. The van der Waals surface area contributed by atoms with Gasteiger partial charge in [-0.25, -0.2) is 14.2 Å². The third-order valence-corrected chi connectivity index (χ3v) is 6.74. The maximum Gasteiger partial charge on any atom is 0.416 e. The van der Waals surface area contributed by atoms with Crippen LogP contribution in [0.25, 0.3) is 22.0 Å². The molecule has 0 amide bonds. The molecule has 172 valence electrons. The van der Waals surface area contributed by atoms with Gasteiger partial charge in [-0.2, -0.15) is 13.2 Å². The first-order chi connectivity index (χ1) is 15.7. The van der Waals surface area contributed by atoms with E-state index in [0.717, 1.165) is 17.5 Å². The molecular weight excluding hydrogens is 473 g/mol. The maximum atomic E-state index is 13.2. The summed E-state index contributed by atoms with van der Waals surface area (Å²) >= 11 is 1.34. The molecule has 1 N–H and O–H groups in total. The van der Waals surface area contributed by atoms with Gasteiger partial charge in [-0.1, -0.05) is 6.07 Å². The molecule has 0 spiro atoms. The lowest BCUT2D eigenvalue weighted by Crippen LogP contribution is -2.11. The Labute approximate surface area is 194 Å². The van der Waals surface area contributed by atoms with E-state index < -0.39 is 22.7 Å². The molecule has 0 radical (unpaired) electrons. The van der Waals surface area contributed by atoms with Crippen molar-refractivity contribution in [3.8, 4) is 17.0 Å². The van der Waals surface area contributed by atoms with Gasteiger partial charge in [-0.3, -0.25) is 4.72 Å². The van der Waals surface area contributed by atoms with E-state index in [0.29, 0.717) is 32.5 Å². The van der Waals surface area contributed by atoms with Crippen molar-refractivity contribution in [3.63, 3.8) is 0 Å². The number of nitrogens with one attached hydrogen (secondary N) is 1. The van der Waals surface area contributed by atoms with Crippen LogP contribution in [-0.2, 0) is 17.2 Å². The minimum Gasteiger partial charge on any atom is -0.496 e. The Morgan fingerprint density at radius 1 is 1.12 bits per heavy atom. The Balaban J connectivity index is 1.85. The van der Waals surface area contributed by atoms with E-state index >= 15 is 0 Å². The standard InChI is InChI=1S/C22H19F3N4O2S2/c1-29(2)19-11-13-10-15(33(30)28-21-26-8-9-32-21)5-7-16(13)20(27-19)17-6-4-14(22(23,24)25)12-18(17)31-3/h4-12H,1-3H3,(H,26,28). The number of anilines is 2. The van der Waals surface area contributed by atoms with Crippen LogP contribution in [0.2, 0.25) is 0 Å². The number of thiazole rings is 1.